The normalized spacial score (nSPS) is 32.2. The lowest BCUT2D eigenvalue weighted by Gasteiger charge is -2.53. The first-order chi connectivity index (χ1) is 25.3. The van der Waals surface area contributed by atoms with Crippen molar-refractivity contribution < 1.29 is 47.9 Å². The van der Waals surface area contributed by atoms with E-state index in [4.69, 9.17) is 9.47 Å². The van der Waals surface area contributed by atoms with Crippen molar-refractivity contribution in [2.24, 2.45) is 17.3 Å². The summed E-state index contributed by atoms with van der Waals surface area (Å²) in [6.45, 7) is 2.22. The van der Waals surface area contributed by atoms with E-state index in [0.29, 0.717) is 49.1 Å². The topological polar surface area (TPSA) is 192 Å². The van der Waals surface area contributed by atoms with E-state index in [1.807, 2.05) is 6.07 Å². The molecule has 3 aromatic rings. The van der Waals surface area contributed by atoms with Crippen molar-refractivity contribution in [2.75, 3.05) is 25.1 Å². The Labute approximate surface area is 304 Å². The van der Waals surface area contributed by atoms with Crippen LogP contribution in [0.3, 0.4) is 0 Å². The first-order valence-corrected chi connectivity index (χ1v) is 18.2. The Hall–Kier alpha value is -4.12. The molecule has 16 heteroatoms. The monoisotopic (exact) mass is 742 g/mol. The number of aromatic hydroxyl groups is 1. The Morgan fingerprint density at radius 2 is 1.91 bits per heavy atom. The summed E-state index contributed by atoms with van der Waals surface area (Å²) in [4.78, 5) is 19.8. The number of nitrogens with one attached hydrogen (secondary N) is 2. The fourth-order valence-corrected chi connectivity index (χ4v) is 9.37. The number of hydrogen-bond donors (Lipinski definition) is 6. The number of alkyl halides is 3. The lowest BCUT2D eigenvalue weighted by molar-refractivity contribution is -0.150. The zero-order valence-electron chi connectivity index (χ0n) is 29.3. The maximum atomic E-state index is 13.0. The van der Waals surface area contributed by atoms with E-state index >= 15 is 0 Å². The summed E-state index contributed by atoms with van der Waals surface area (Å²) >= 11 is 0. The molecule has 13 nitrogen and oxygen atoms in total. The SMILES string of the molecule is C[C@]12CC[C@@H]3c4ccc(O)cc4CC[C@H]3[C@@H]1CC[C@@]2(O)CCCNC(=O)c1ccc(OC[C@H]2OC[C@H](Nc3cncc(C(F)(F)F)n3)[C@@H](O)[C@H]2O)nn1. The van der Waals surface area contributed by atoms with E-state index in [1.54, 1.807) is 6.07 Å². The Balaban J connectivity index is 0.850. The third kappa shape index (κ3) is 7.38. The Morgan fingerprint density at radius 1 is 1.08 bits per heavy atom. The van der Waals surface area contributed by atoms with Gasteiger partial charge in [0, 0.05) is 12.6 Å². The maximum Gasteiger partial charge on any atom is 0.434 e. The lowest BCUT2D eigenvalue weighted by Crippen LogP contribution is -2.57. The summed E-state index contributed by atoms with van der Waals surface area (Å²) in [6.07, 6.45) is -0.0152. The minimum Gasteiger partial charge on any atom is -0.508 e. The van der Waals surface area contributed by atoms with E-state index in [-0.39, 0.29) is 36.0 Å². The fourth-order valence-electron chi connectivity index (χ4n) is 9.37. The second-order valence-corrected chi connectivity index (χ2v) is 15.1. The number of carbonyl (C=O) groups is 1. The number of benzene rings is 1. The molecule has 1 aromatic carbocycles. The minimum absolute atomic E-state index is 0.0481. The molecule has 3 aliphatic carbocycles. The van der Waals surface area contributed by atoms with Crippen molar-refractivity contribution in [3.63, 3.8) is 0 Å². The summed E-state index contributed by atoms with van der Waals surface area (Å²) < 4.78 is 50.1. The highest BCUT2D eigenvalue weighted by Crippen LogP contribution is 2.65. The van der Waals surface area contributed by atoms with Crippen molar-refractivity contribution in [1.82, 2.24) is 25.5 Å². The molecule has 2 saturated carbocycles. The molecule has 4 aliphatic rings. The number of nitrogens with zero attached hydrogens (tertiary/aromatic N) is 4. The van der Waals surface area contributed by atoms with Crippen LogP contribution in [0, 0.1) is 17.3 Å². The standard InChI is InChI=1S/C37H45F3N6O7/c1-35-12-9-23-22-6-4-21(47)15-20(22)3-5-24(23)25(35)10-13-36(35,51)11-2-14-42-34(50)26-7-8-31(46-45-26)53-19-28-33(49)32(48)27(18-52-28)43-30-17-41-16-29(44-30)37(38,39)40/h4,6-8,15-17,23-25,27-28,32-33,47-49,51H,2-3,5,9-14,18-19H2,1H3,(H,42,50)(H,43,44)/t23-,24-,25+,27+,28-,32-,33+,35+,36+/m1/s1. The molecule has 3 heterocycles. The average molecular weight is 743 g/mol. The van der Waals surface area contributed by atoms with E-state index in [9.17, 15) is 38.4 Å². The molecule has 0 unspecified atom stereocenters. The van der Waals surface area contributed by atoms with Crippen molar-refractivity contribution in [1.29, 1.82) is 0 Å². The van der Waals surface area contributed by atoms with Gasteiger partial charge in [-0.1, -0.05) is 13.0 Å². The van der Waals surface area contributed by atoms with Crippen molar-refractivity contribution >= 4 is 11.7 Å². The number of fused-ring (bicyclic) bond motifs is 5. The van der Waals surface area contributed by atoms with E-state index in [0.717, 1.165) is 44.7 Å². The first-order valence-electron chi connectivity index (χ1n) is 18.2. The van der Waals surface area contributed by atoms with Crippen LogP contribution < -0.4 is 15.4 Å². The minimum atomic E-state index is -4.69. The van der Waals surface area contributed by atoms with Crippen LogP contribution in [0.5, 0.6) is 11.6 Å². The molecule has 286 valence electrons. The van der Waals surface area contributed by atoms with Gasteiger partial charge in [0.1, 0.15) is 36.5 Å². The van der Waals surface area contributed by atoms with Crippen LogP contribution in [-0.2, 0) is 17.3 Å². The van der Waals surface area contributed by atoms with Gasteiger partial charge in [-0.2, -0.15) is 13.2 Å². The van der Waals surface area contributed by atoms with Gasteiger partial charge in [0.25, 0.3) is 5.91 Å². The van der Waals surface area contributed by atoms with Crippen molar-refractivity contribution in [3.05, 3.63) is 65.2 Å². The van der Waals surface area contributed by atoms with Crippen LogP contribution in [0.2, 0.25) is 0 Å². The number of hydrogen-bond acceptors (Lipinski definition) is 12. The van der Waals surface area contributed by atoms with Gasteiger partial charge in [-0.15, -0.1) is 10.2 Å². The number of aliphatic hydroxyl groups is 3. The Morgan fingerprint density at radius 3 is 2.68 bits per heavy atom. The molecule has 0 radical (unpaired) electrons. The quantitative estimate of drug-likeness (QED) is 0.165. The van der Waals surface area contributed by atoms with Gasteiger partial charge in [0.15, 0.2) is 11.4 Å². The molecule has 53 heavy (non-hydrogen) atoms. The van der Waals surface area contributed by atoms with Gasteiger partial charge in [0.05, 0.1) is 30.6 Å². The summed E-state index contributed by atoms with van der Waals surface area (Å²) in [5.41, 5.74) is 0.489. The van der Waals surface area contributed by atoms with Gasteiger partial charge in [-0.05, 0) is 104 Å². The summed E-state index contributed by atoms with van der Waals surface area (Å²) in [7, 11) is 0. The molecule has 1 saturated heterocycles. The molecule has 6 N–H and O–H groups in total. The lowest BCUT2D eigenvalue weighted by atomic mass is 9.53. The zero-order chi connectivity index (χ0) is 37.5. The summed E-state index contributed by atoms with van der Waals surface area (Å²) in [5, 5.41) is 56.5. The number of rotatable bonds is 10. The van der Waals surface area contributed by atoms with Crippen LogP contribution >= 0.6 is 0 Å². The molecule has 9 atom stereocenters. The van der Waals surface area contributed by atoms with Crippen LogP contribution in [0.1, 0.15) is 85.1 Å². The van der Waals surface area contributed by atoms with Crippen LogP contribution in [0.25, 0.3) is 0 Å². The summed E-state index contributed by atoms with van der Waals surface area (Å²) in [6, 6.07) is 7.70. The van der Waals surface area contributed by atoms with E-state index in [1.165, 1.54) is 23.3 Å². The van der Waals surface area contributed by atoms with Crippen LogP contribution in [0.15, 0.2) is 42.7 Å². The number of phenols is 1. The largest absolute Gasteiger partial charge is 0.508 e. The van der Waals surface area contributed by atoms with E-state index < -0.39 is 47.7 Å². The molecular weight excluding hydrogens is 697 g/mol. The number of carbonyl (C=O) groups excluding carboxylic acids is 1. The number of halogens is 3. The zero-order valence-corrected chi connectivity index (χ0v) is 29.3. The average Bonchev–Trinajstić information content (AvgIpc) is 3.41. The number of aromatic nitrogens is 4. The molecular formula is C37H45F3N6O7. The molecule has 0 bridgehead atoms. The van der Waals surface area contributed by atoms with Crippen LogP contribution in [0.4, 0.5) is 19.0 Å². The predicted molar refractivity (Wildman–Crippen MR) is 183 cm³/mol. The highest BCUT2D eigenvalue weighted by Gasteiger charge is 2.61. The van der Waals surface area contributed by atoms with Gasteiger partial charge < -0.3 is 40.5 Å². The van der Waals surface area contributed by atoms with Crippen molar-refractivity contribution in [3.8, 4) is 11.6 Å². The molecule has 3 fully saturated rings. The molecule has 2 aromatic heterocycles. The van der Waals surface area contributed by atoms with Gasteiger partial charge in [-0.25, -0.2) is 4.98 Å². The second kappa shape index (κ2) is 14.6. The van der Waals surface area contributed by atoms with Gasteiger partial charge in [-0.3, -0.25) is 9.78 Å². The maximum absolute atomic E-state index is 13.0. The summed E-state index contributed by atoms with van der Waals surface area (Å²) in [5.74, 6) is 1.12. The third-order valence-corrected chi connectivity index (χ3v) is 12.2. The molecule has 1 amide bonds. The number of ether oxygens (including phenoxy) is 2. The Bertz CT molecular complexity index is 1790. The number of aryl methyl sites for hydroxylation is 1. The highest BCUT2D eigenvalue weighted by atomic mass is 19.4. The van der Waals surface area contributed by atoms with Gasteiger partial charge >= 0.3 is 6.18 Å². The molecule has 0 spiro atoms. The van der Waals surface area contributed by atoms with Crippen LogP contribution in [-0.4, -0.2) is 96.2 Å². The van der Waals surface area contributed by atoms with Crippen molar-refractivity contribution in [2.45, 2.75) is 100 Å². The highest BCUT2D eigenvalue weighted by molar-refractivity contribution is 5.92. The molecule has 7 rings (SSSR count). The number of amides is 1. The Kier molecular flexibility index (Phi) is 10.3. The number of anilines is 1. The number of phenolic OH excluding ortho intramolecular Hbond substituents is 1. The smallest absolute Gasteiger partial charge is 0.434 e. The fraction of sp³-hybridized carbons (Fsp3) is 0.595. The molecule has 1 aliphatic heterocycles. The van der Waals surface area contributed by atoms with Gasteiger partial charge in [0.2, 0.25) is 5.88 Å². The van der Waals surface area contributed by atoms with E-state index in [2.05, 4.69) is 43.8 Å². The number of aliphatic hydroxyl groups excluding tert-OH is 2. The predicted octanol–water partition coefficient (Wildman–Crippen LogP) is 3.77. The first kappa shape index (κ1) is 37.2. The third-order valence-electron chi connectivity index (χ3n) is 12.2. The second-order valence-electron chi connectivity index (χ2n) is 15.1.